The molecule has 3 aromatic heterocycles. The Morgan fingerprint density at radius 3 is 3.09 bits per heavy atom. The van der Waals surface area contributed by atoms with E-state index < -0.39 is 0 Å². The van der Waals surface area contributed by atoms with Crippen molar-refractivity contribution in [1.29, 1.82) is 0 Å². The molecule has 3 heterocycles. The van der Waals surface area contributed by atoms with Crippen LogP contribution < -0.4 is 0 Å². The van der Waals surface area contributed by atoms with Gasteiger partial charge in [-0.05, 0) is 30.7 Å². The molecular weight excluding hydrogens is 328 g/mol. The number of nitrogens with zero attached hydrogens (tertiary/aromatic N) is 4. The van der Waals surface area contributed by atoms with Gasteiger partial charge in [-0.15, -0.1) is 11.3 Å². The maximum Gasteiger partial charge on any atom is 0.226 e. The molecule has 5 nitrogen and oxygen atoms in total. The van der Waals surface area contributed by atoms with E-state index in [1.807, 2.05) is 11.3 Å². The fourth-order valence-corrected chi connectivity index (χ4v) is 5.09. The SMILES string of the molecule is CC(C)Cc1nc(CSc2ncnc3sc4c(c23)CCC4)no1. The Bertz CT molecular complexity index is 840. The number of aryl methyl sites for hydroxylation is 2. The van der Waals surface area contributed by atoms with Crippen LogP contribution in [0.25, 0.3) is 10.2 Å². The average molecular weight is 346 g/mol. The molecule has 4 rings (SSSR count). The second-order valence-electron chi connectivity index (χ2n) is 6.21. The first-order chi connectivity index (χ1) is 11.2. The van der Waals surface area contributed by atoms with E-state index in [4.69, 9.17) is 4.52 Å². The molecule has 0 aromatic carbocycles. The second-order valence-corrected chi connectivity index (χ2v) is 8.25. The third-order valence-corrected chi connectivity index (χ3v) is 6.08. The summed E-state index contributed by atoms with van der Waals surface area (Å²) in [5, 5.41) is 6.37. The minimum Gasteiger partial charge on any atom is -0.339 e. The Morgan fingerprint density at radius 2 is 2.22 bits per heavy atom. The summed E-state index contributed by atoms with van der Waals surface area (Å²) in [6, 6.07) is 0. The predicted octanol–water partition coefficient (Wildman–Crippen LogP) is 4.05. The first-order valence-corrected chi connectivity index (χ1v) is 9.70. The van der Waals surface area contributed by atoms with E-state index in [9.17, 15) is 0 Å². The van der Waals surface area contributed by atoms with E-state index >= 15 is 0 Å². The molecule has 1 aliphatic carbocycles. The Labute approximate surface area is 142 Å². The number of hydrogen-bond donors (Lipinski definition) is 0. The molecule has 0 N–H and O–H groups in total. The highest BCUT2D eigenvalue weighted by atomic mass is 32.2. The fraction of sp³-hybridized carbons (Fsp3) is 0.500. The summed E-state index contributed by atoms with van der Waals surface area (Å²) in [4.78, 5) is 16.0. The molecule has 0 amide bonds. The molecule has 0 spiro atoms. The predicted molar refractivity (Wildman–Crippen MR) is 91.8 cm³/mol. The van der Waals surface area contributed by atoms with Crippen molar-refractivity contribution < 1.29 is 4.52 Å². The quantitative estimate of drug-likeness (QED) is 0.513. The van der Waals surface area contributed by atoms with Crippen molar-refractivity contribution in [3.63, 3.8) is 0 Å². The third kappa shape index (κ3) is 2.99. The summed E-state index contributed by atoms with van der Waals surface area (Å²) >= 11 is 3.50. The van der Waals surface area contributed by atoms with Gasteiger partial charge in [-0.3, -0.25) is 0 Å². The molecule has 0 saturated heterocycles. The van der Waals surface area contributed by atoms with Crippen molar-refractivity contribution in [2.75, 3.05) is 0 Å². The number of thioether (sulfide) groups is 1. The molecule has 7 heteroatoms. The Balaban J connectivity index is 1.55. The summed E-state index contributed by atoms with van der Waals surface area (Å²) < 4.78 is 5.31. The van der Waals surface area contributed by atoms with Crippen LogP contribution in [0, 0.1) is 5.92 Å². The van der Waals surface area contributed by atoms with E-state index in [1.54, 1.807) is 18.1 Å². The molecule has 3 aromatic rings. The van der Waals surface area contributed by atoms with Crippen molar-refractivity contribution >= 4 is 33.3 Å². The van der Waals surface area contributed by atoms with Crippen molar-refractivity contribution in [3.05, 3.63) is 28.5 Å². The van der Waals surface area contributed by atoms with E-state index in [-0.39, 0.29) is 0 Å². The van der Waals surface area contributed by atoms with Crippen LogP contribution in [0.1, 0.15) is 42.4 Å². The zero-order valence-electron chi connectivity index (χ0n) is 13.2. The lowest BCUT2D eigenvalue weighted by Gasteiger charge is -2.01. The molecule has 23 heavy (non-hydrogen) atoms. The first-order valence-electron chi connectivity index (χ1n) is 7.90. The molecular formula is C16H18N4OS2. The highest BCUT2D eigenvalue weighted by Gasteiger charge is 2.21. The molecule has 0 atom stereocenters. The Hall–Kier alpha value is -1.47. The van der Waals surface area contributed by atoms with Crippen molar-refractivity contribution in [2.24, 2.45) is 5.92 Å². The van der Waals surface area contributed by atoms with E-state index in [0.29, 0.717) is 11.7 Å². The lowest BCUT2D eigenvalue weighted by Crippen LogP contribution is -1.94. The maximum absolute atomic E-state index is 5.31. The van der Waals surface area contributed by atoms with Crippen LogP contribution >= 0.6 is 23.1 Å². The van der Waals surface area contributed by atoms with Crippen molar-refractivity contribution in [2.45, 2.75) is 50.3 Å². The van der Waals surface area contributed by atoms with Crippen LogP contribution in [0.5, 0.6) is 0 Å². The highest BCUT2D eigenvalue weighted by Crippen LogP contribution is 2.40. The van der Waals surface area contributed by atoms with E-state index in [0.717, 1.165) is 34.4 Å². The van der Waals surface area contributed by atoms with E-state index in [1.165, 1.54) is 28.7 Å². The summed E-state index contributed by atoms with van der Waals surface area (Å²) in [7, 11) is 0. The standard InChI is InChI=1S/C16H18N4OS2/c1-9(2)6-13-19-12(20-21-13)7-22-15-14-10-4-3-5-11(10)23-16(14)18-8-17-15/h8-9H,3-7H2,1-2H3. The second kappa shape index (κ2) is 6.20. The maximum atomic E-state index is 5.31. The van der Waals surface area contributed by atoms with Gasteiger partial charge in [0, 0.05) is 16.7 Å². The van der Waals surface area contributed by atoms with Crippen molar-refractivity contribution in [1.82, 2.24) is 20.1 Å². The number of aromatic nitrogens is 4. The molecule has 0 bridgehead atoms. The molecule has 0 fully saturated rings. The summed E-state index contributed by atoms with van der Waals surface area (Å²) in [5.74, 6) is 2.66. The van der Waals surface area contributed by atoms with Crippen LogP contribution in [0.3, 0.4) is 0 Å². The van der Waals surface area contributed by atoms with Gasteiger partial charge in [0.05, 0.1) is 5.75 Å². The molecule has 0 aliphatic heterocycles. The molecule has 0 saturated carbocycles. The number of hydrogen-bond acceptors (Lipinski definition) is 7. The van der Waals surface area contributed by atoms with E-state index in [2.05, 4.69) is 34.0 Å². The zero-order valence-corrected chi connectivity index (χ0v) is 14.8. The average Bonchev–Trinajstić information content (AvgIpc) is 3.19. The molecule has 120 valence electrons. The third-order valence-electron chi connectivity index (χ3n) is 3.90. The molecule has 1 aliphatic rings. The van der Waals surface area contributed by atoms with Gasteiger partial charge in [0.2, 0.25) is 5.89 Å². The normalized spacial score (nSPS) is 14.0. The van der Waals surface area contributed by atoms with Gasteiger partial charge in [-0.1, -0.05) is 30.8 Å². The summed E-state index contributed by atoms with van der Waals surface area (Å²) in [5.41, 5.74) is 1.46. The topological polar surface area (TPSA) is 64.7 Å². The summed E-state index contributed by atoms with van der Waals surface area (Å²) in [6.07, 6.45) is 6.07. The van der Waals surface area contributed by atoms with Crippen molar-refractivity contribution in [3.8, 4) is 0 Å². The number of fused-ring (bicyclic) bond motifs is 3. The lowest BCUT2D eigenvalue weighted by atomic mass is 10.1. The zero-order chi connectivity index (χ0) is 15.8. The van der Waals surface area contributed by atoms with Gasteiger partial charge in [0.25, 0.3) is 0 Å². The van der Waals surface area contributed by atoms with Gasteiger partial charge < -0.3 is 4.52 Å². The first kappa shape index (κ1) is 15.1. The largest absolute Gasteiger partial charge is 0.339 e. The minimum atomic E-state index is 0.519. The van der Waals surface area contributed by atoms with Gasteiger partial charge in [0.1, 0.15) is 16.2 Å². The van der Waals surface area contributed by atoms with Crippen LogP contribution in [-0.4, -0.2) is 20.1 Å². The minimum absolute atomic E-state index is 0.519. The molecule has 0 radical (unpaired) electrons. The van der Waals surface area contributed by atoms with Gasteiger partial charge in [-0.25, -0.2) is 9.97 Å². The van der Waals surface area contributed by atoms with Gasteiger partial charge in [0.15, 0.2) is 5.82 Å². The van der Waals surface area contributed by atoms with Crippen LogP contribution in [0.4, 0.5) is 0 Å². The van der Waals surface area contributed by atoms with Crippen LogP contribution in [-0.2, 0) is 25.0 Å². The Kier molecular flexibility index (Phi) is 4.07. The fourth-order valence-electron chi connectivity index (χ4n) is 2.92. The highest BCUT2D eigenvalue weighted by molar-refractivity contribution is 7.98. The van der Waals surface area contributed by atoms with Crippen LogP contribution in [0.2, 0.25) is 0 Å². The number of rotatable bonds is 5. The summed E-state index contributed by atoms with van der Waals surface area (Å²) in [6.45, 7) is 4.29. The number of thiophene rings is 1. The van der Waals surface area contributed by atoms with Gasteiger partial charge in [-0.2, -0.15) is 4.98 Å². The smallest absolute Gasteiger partial charge is 0.226 e. The monoisotopic (exact) mass is 346 g/mol. The molecule has 0 unspecified atom stereocenters. The van der Waals surface area contributed by atoms with Gasteiger partial charge >= 0.3 is 0 Å². The lowest BCUT2D eigenvalue weighted by molar-refractivity contribution is 0.360. The van der Waals surface area contributed by atoms with Crippen LogP contribution in [0.15, 0.2) is 15.9 Å². The Morgan fingerprint density at radius 1 is 1.30 bits per heavy atom.